The van der Waals surface area contributed by atoms with E-state index in [0.29, 0.717) is 12.0 Å². The van der Waals surface area contributed by atoms with Crippen LogP contribution in [0.4, 0.5) is 0 Å². The van der Waals surface area contributed by atoms with Gasteiger partial charge in [-0.1, -0.05) is 0 Å². The van der Waals surface area contributed by atoms with Crippen molar-refractivity contribution in [1.29, 1.82) is 0 Å². The van der Waals surface area contributed by atoms with Gasteiger partial charge in [-0.15, -0.1) is 0 Å². The van der Waals surface area contributed by atoms with Gasteiger partial charge in [0.2, 0.25) is 0 Å². The summed E-state index contributed by atoms with van der Waals surface area (Å²) in [5.41, 5.74) is -1.63. The van der Waals surface area contributed by atoms with E-state index in [0.717, 1.165) is 45.3 Å². The third-order valence-corrected chi connectivity index (χ3v) is 3.99. The molecule has 1 aliphatic carbocycles. The van der Waals surface area contributed by atoms with E-state index < -0.39 is 11.6 Å². The van der Waals surface area contributed by atoms with Crippen molar-refractivity contribution in [2.45, 2.75) is 44.2 Å². The lowest BCUT2D eigenvalue weighted by molar-refractivity contribution is -0.158. The molecule has 0 aromatic carbocycles. The molecule has 0 radical (unpaired) electrons. The third-order valence-electron chi connectivity index (χ3n) is 3.99. The van der Waals surface area contributed by atoms with Crippen molar-refractivity contribution in [3.05, 3.63) is 0 Å². The van der Waals surface area contributed by atoms with Crippen molar-refractivity contribution in [3.63, 3.8) is 0 Å². The number of carboxylic acids is 1. The first-order valence-electron chi connectivity index (χ1n) is 6.89. The molecule has 104 valence electrons. The predicted octanol–water partition coefficient (Wildman–Crippen LogP) is 0.286. The molecule has 1 saturated carbocycles. The zero-order chi connectivity index (χ0) is 13.2. The minimum absolute atomic E-state index is 0.247. The van der Waals surface area contributed by atoms with Gasteiger partial charge in [0.25, 0.3) is 0 Å². The fourth-order valence-corrected chi connectivity index (χ4v) is 2.64. The molecule has 1 atom stereocenters. The Kier molecular flexibility index (Phi) is 4.25. The number of aliphatic hydroxyl groups is 1. The van der Waals surface area contributed by atoms with Gasteiger partial charge in [0.15, 0.2) is 5.60 Å². The van der Waals surface area contributed by atoms with Gasteiger partial charge in [0.1, 0.15) is 0 Å². The second kappa shape index (κ2) is 5.55. The van der Waals surface area contributed by atoms with Crippen LogP contribution >= 0.6 is 0 Å². The number of piperidine rings is 1. The molecule has 0 amide bonds. The Morgan fingerprint density at radius 3 is 2.44 bits per heavy atom. The second-order valence-corrected chi connectivity index (χ2v) is 5.93. The van der Waals surface area contributed by atoms with Crippen LogP contribution in [0.3, 0.4) is 0 Å². The van der Waals surface area contributed by atoms with Crippen LogP contribution in [0.25, 0.3) is 0 Å². The minimum Gasteiger partial charge on any atom is -0.479 e. The molecular formula is C13H24N2O3. The van der Waals surface area contributed by atoms with Gasteiger partial charge in [-0.3, -0.25) is 4.90 Å². The number of carboxylic acid groups (broad SMARTS) is 1. The molecule has 1 aliphatic heterocycles. The van der Waals surface area contributed by atoms with Gasteiger partial charge in [-0.05, 0) is 51.6 Å². The van der Waals surface area contributed by atoms with Crippen LogP contribution in [0.2, 0.25) is 0 Å². The summed E-state index contributed by atoms with van der Waals surface area (Å²) in [5, 5.41) is 22.3. The highest BCUT2D eigenvalue weighted by molar-refractivity contribution is 5.76. The summed E-state index contributed by atoms with van der Waals surface area (Å²) in [6.45, 7) is 4.68. The second-order valence-electron chi connectivity index (χ2n) is 5.93. The van der Waals surface area contributed by atoms with Gasteiger partial charge in [0, 0.05) is 19.1 Å². The van der Waals surface area contributed by atoms with E-state index in [9.17, 15) is 9.90 Å². The number of nitrogens with zero attached hydrogens (tertiary/aromatic N) is 1. The van der Waals surface area contributed by atoms with Crippen LogP contribution in [-0.4, -0.2) is 58.9 Å². The Morgan fingerprint density at radius 2 is 1.94 bits per heavy atom. The topological polar surface area (TPSA) is 72.8 Å². The quantitative estimate of drug-likeness (QED) is 0.637. The summed E-state index contributed by atoms with van der Waals surface area (Å²) in [6.07, 6.45) is 4.58. The maximum absolute atomic E-state index is 11.0. The van der Waals surface area contributed by atoms with Crippen LogP contribution in [0, 0.1) is 5.92 Å². The largest absolute Gasteiger partial charge is 0.479 e. The SMILES string of the molecule is CC(O)(CN(CC1CCNCC1)C1CC1)C(=O)O. The molecule has 5 nitrogen and oxygen atoms in total. The maximum atomic E-state index is 11.0. The summed E-state index contributed by atoms with van der Waals surface area (Å²) in [6, 6.07) is 0.491. The smallest absolute Gasteiger partial charge is 0.336 e. The number of aliphatic carboxylic acids is 1. The molecule has 3 N–H and O–H groups in total. The number of hydrogen-bond donors (Lipinski definition) is 3. The monoisotopic (exact) mass is 256 g/mol. The van der Waals surface area contributed by atoms with Crippen LogP contribution in [0.1, 0.15) is 32.6 Å². The average molecular weight is 256 g/mol. The molecule has 2 aliphatic rings. The van der Waals surface area contributed by atoms with E-state index in [1.807, 2.05) is 0 Å². The maximum Gasteiger partial charge on any atom is 0.336 e. The lowest BCUT2D eigenvalue weighted by Crippen LogP contribution is -2.49. The molecule has 0 spiro atoms. The molecule has 1 saturated heterocycles. The van der Waals surface area contributed by atoms with Crippen molar-refractivity contribution in [3.8, 4) is 0 Å². The zero-order valence-electron chi connectivity index (χ0n) is 11.1. The molecule has 18 heavy (non-hydrogen) atoms. The fraction of sp³-hybridized carbons (Fsp3) is 0.923. The van der Waals surface area contributed by atoms with Gasteiger partial charge in [0.05, 0.1) is 0 Å². The molecule has 0 bridgehead atoms. The lowest BCUT2D eigenvalue weighted by Gasteiger charge is -2.33. The predicted molar refractivity (Wildman–Crippen MR) is 68.4 cm³/mol. The molecule has 0 aromatic rings. The highest BCUT2D eigenvalue weighted by Crippen LogP contribution is 2.30. The van der Waals surface area contributed by atoms with Crippen LogP contribution in [-0.2, 0) is 4.79 Å². The third kappa shape index (κ3) is 3.67. The number of carbonyl (C=O) groups is 1. The zero-order valence-corrected chi connectivity index (χ0v) is 11.1. The number of rotatable bonds is 6. The standard InChI is InChI=1S/C13H24N2O3/c1-13(18,12(16)17)9-15(11-2-3-11)8-10-4-6-14-7-5-10/h10-11,14,18H,2-9H2,1H3,(H,16,17). The Morgan fingerprint density at radius 1 is 1.33 bits per heavy atom. The Hall–Kier alpha value is -0.650. The van der Waals surface area contributed by atoms with Crippen molar-refractivity contribution in [2.24, 2.45) is 5.92 Å². The molecule has 2 rings (SSSR count). The minimum atomic E-state index is -1.63. The van der Waals surface area contributed by atoms with E-state index >= 15 is 0 Å². The molecule has 5 heteroatoms. The van der Waals surface area contributed by atoms with E-state index in [2.05, 4.69) is 10.2 Å². The first kappa shape index (κ1) is 13.8. The van der Waals surface area contributed by atoms with Crippen LogP contribution in [0.5, 0.6) is 0 Å². The summed E-state index contributed by atoms with van der Waals surface area (Å²) in [4.78, 5) is 13.2. The Labute approximate surface area is 108 Å². The normalized spacial score (nSPS) is 25.1. The van der Waals surface area contributed by atoms with Crippen LogP contribution in [0.15, 0.2) is 0 Å². The highest BCUT2D eigenvalue weighted by atomic mass is 16.4. The molecule has 1 unspecified atom stereocenters. The van der Waals surface area contributed by atoms with E-state index in [1.54, 1.807) is 0 Å². The van der Waals surface area contributed by atoms with Crippen molar-refractivity contribution in [2.75, 3.05) is 26.2 Å². The first-order chi connectivity index (χ1) is 8.49. The molecular weight excluding hydrogens is 232 g/mol. The summed E-state index contributed by atoms with van der Waals surface area (Å²) < 4.78 is 0. The Bertz CT molecular complexity index is 297. The van der Waals surface area contributed by atoms with Gasteiger partial charge in [-0.25, -0.2) is 4.79 Å². The van der Waals surface area contributed by atoms with E-state index in [-0.39, 0.29) is 6.54 Å². The summed E-state index contributed by atoms with van der Waals surface area (Å²) >= 11 is 0. The fourth-order valence-electron chi connectivity index (χ4n) is 2.64. The average Bonchev–Trinajstić information content (AvgIpc) is 3.13. The lowest BCUT2D eigenvalue weighted by atomic mass is 9.96. The van der Waals surface area contributed by atoms with Crippen molar-refractivity contribution < 1.29 is 15.0 Å². The first-order valence-corrected chi connectivity index (χ1v) is 6.89. The van der Waals surface area contributed by atoms with Crippen LogP contribution < -0.4 is 5.32 Å². The van der Waals surface area contributed by atoms with E-state index in [1.165, 1.54) is 6.92 Å². The van der Waals surface area contributed by atoms with Crippen molar-refractivity contribution >= 4 is 5.97 Å². The summed E-state index contributed by atoms with van der Waals surface area (Å²) in [7, 11) is 0. The van der Waals surface area contributed by atoms with Gasteiger partial charge >= 0.3 is 5.97 Å². The number of hydrogen-bond acceptors (Lipinski definition) is 4. The summed E-state index contributed by atoms with van der Waals surface area (Å²) in [5.74, 6) is -0.491. The molecule has 0 aromatic heterocycles. The van der Waals surface area contributed by atoms with Gasteiger partial charge < -0.3 is 15.5 Å². The number of nitrogens with one attached hydrogen (secondary N) is 1. The highest BCUT2D eigenvalue weighted by Gasteiger charge is 2.38. The van der Waals surface area contributed by atoms with Crippen molar-refractivity contribution in [1.82, 2.24) is 10.2 Å². The molecule has 1 heterocycles. The van der Waals surface area contributed by atoms with E-state index in [4.69, 9.17) is 5.11 Å². The Balaban J connectivity index is 1.89. The van der Waals surface area contributed by atoms with Gasteiger partial charge in [-0.2, -0.15) is 0 Å². The molecule has 2 fully saturated rings.